The maximum Gasteiger partial charge on any atom is 0.417 e. The Morgan fingerprint density at radius 2 is 1.77 bits per heavy atom. The van der Waals surface area contributed by atoms with E-state index >= 15 is 0 Å². The van der Waals surface area contributed by atoms with E-state index in [4.69, 9.17) is 4.74 Å². The van der Waals surface area contributed by atoms with Crippen molar-refractivity contribution in [1.29, 1.82) is 0 Å². The summed E-state index contributed by atoms with van der Waals surface area (Å²) in [7, 11) is 0. The average Bonchev–Trinajstić information content (AvgIpc) is 2.68. The van der Waals surface area contributed by atoms with Gasteiger partial charge in [-0.1, -0.05) is 18.2 Å². The summed E-state index contributed by atoms with van der Waals surface area (Å²) in [6, 6.07) is 11.5. The number of carbonyl (C=O) groups is 2. The highest BCUT2D eigenvalue weighted by Crippen LogP contribution is 2.35. The summed E-state index contributed by atoms with van der Waals surface area (Å²) in [5, 5.41) is 2.52. The summed E-state index contributed by atoms with van der Waals surface area (Å²) < 4.78 is 45.3. The number of alkyl halides is 3. The minimum absolute atomic E-state index is 0.0159. The second kappa shape index (κ2) is 8.87. The van der Waals surface area contributed by atoms with Gasteiger partial charge in [0.15, 0.2) is 0 Å². The molecule has 2 aromatic carbocycles. The number of hydrazine groups is 1. The van der Waals surface area contributed by atoms with Crippen LogP contribution in [0.1, 0.15) is 49.0 Å². The van der Waals surface area contributed by atoms with Gasteiger partial charge in [-0.3, -0.25) is 20.4 Å². The van der Waals surface area contributed by atoms with Gasteiger partial charge in [0.1, 0.15) is 11.3 Å². The van der Waals surface area contributed by atoms with Crippen molar-refractivity contribution in [3.05, 3.63) is 59.7 Å². The SMILES string of the molecule is CC(C)Oc1cccc(NNC(=O)C2(NC(=O)c3ccccc3C(F)(F)F)CCC2)c1. The highest BCUT2D eigenvalue weighted by Gasteiger charge is 2.46. The van der Waals surface area contributed by atoms with Crippen LogP contribution < -0.4 is 20.9 Å². The fraction of sp³-hybridized carbons (Fsp3) is 0.364. The Morgan fingerprint density at radius 3 is 2.39 bits per heavy atom. The summed E-state index contributed by atoms with van der Waals surface area (Å²) >= 11 is 0. The van der Waals surface area contributed by atoms with Gasteiger partial charge in [-0.25, -0.2) is 0 Å². The van der Waals surface area contributed by atoms with Crippen LogP contribution in [-0.4, -0.2) is 23.5 Å². The zero-order valence-corrected chi connectivity index (χ0v) is 17.2. The van der Waals surface area contributed by atoms with E-state index in [0.717, 1.165) is 12.1 Å². The summed E-state index contributed by atoms with van der Waals surface area (Å²) in [6.45, 7) is 3.78. The van der Waals surface area contributed by atoms with E-state index in [9.17, 15) is 22.8 Å². The number of rotatable bonds is 7. The quantitative estimate of drug-likeness (QED) is 0.567. The van der Waals surface area contributed by atoms with Crippen LogP contribution in [0.2, 0.25) is 0 Å². The molecule has 0 aliphatic heterocycles. The summed E-state index contributed by atoms with van der Waals surface area (Å²) in [5.41, 5.74) is 3.06. The molecule has 0 aromatic heterocycles. The number of nitrogens with one attached hydrogen (secondary N) is 3. The molecule has 0 atom stereocenters. The van der Waals surface area contributed by atoms with Crippen LogP contribution in [0.15, 0.2) is 48.5 Å². The number of carbonyl (C=O) groups excluding carboxylic acids is 2. The molecule has 1 saturated carbocycles. The molecule has 3 N–H and O–H groups in total. The fourth-order valence-corrected chi connectivity index (χ4v) is 3.32. The van der Waals surface area contributed by atoms with E-state index < -0.39 is 34.7 Å². The van der Waals surface area contributed by atoms with Gasteiger partial charge in [-0.15, -0.1) is 0 Å². The van der Waals surface area contributed by atoms with Gasteiger partial charge in [0.25, 0.3) is 11.8 Å². The summed E-state index contributed by atoms with van der Waals surface area (Å²) in [6.07, 6.45) is -3.36. The van der Waals surface area contributed by atoms with Gasteiger partial charge in [0, 0.05) is 6.07 Å². The molecule has 1 fully saturated rings. The third-order valence-electron chi connectivity index (χ3n) is 5.00. The van der Waals surface area contributed by atoms with Gasteiger partial charge in [0.05, 0.1) is 22.9 Å². The minimum Gasteiger partial charge on any atom is -0.491 e. The lowest BCUT2D eigenvalue weighted by atomic mass is 9.75. The molecule has 0 saturated heterocycles. The van der Waals surface area contributed by atoms with Crippen molar-refractivity contribution in [1.82, 2.24) is 10.7 Å². The van der Waals surface area contributed by atoms with Crippen molar-refractivity contribution in [2.75, 3.05) is 5.43 Å². The van der Waals surface area contributed by atoms with Crippen molar-refractivity contribution in [2.45, 2.75) is 50.9 Å². The summed E-state index contributed by atoms with van der Waals surface area (Å²) in [4.78, 5) is 25.4. The molecule has 1 aliphatic rings. The van der Waals surface area contributed by atoms with Crippen LogP contribution in [0.5, 0.6) is 5.75 Å². The Hall–Kier alpha value is -3.23. The number of hydrogen-bond acceptors (Lipinski definition) is 4. The van der Waals surface area contributed by atoms with Crippen LogP contribution in [0.3, 0.4) is 0 Å². The first-order chi connectivity index (χ1) is 14.6. The standard InChI is InChI=1S/C22H24F3N3O3/c1-14(2)31-16-8-5-7-15(13-16)27-28-20(30)21(11-6-12-21)26-19(29)17-9-3-4-10-18(17)22(23,24)25/h3-5,7-10,13-14,27H,6,11-12H2,1-2H3,(H,26,29)(H,28,30). The Balaban J connectivity index is 1.69. The largest absolute Gasteiger partial charge is 0.491 e. The van der Waals surface area contributed by atoms with Crippen molar-refractivity contribution in [2.24, 2.45) is 0 Å². The molecule has 2 aromatic rings. The monoisotopic (exact) mass is 435 g/mol. The zero-order chi connectivity index (χ0) is 22.6. The first-order valence-corrected chi connectivity index (χ1v) is 9.93. The third kappa shape index (κ3) is 5.28. The predicted octanol–water partition coefficient (Wildman–Crippen LogP) is 4.29. The van der Waals surface area contributed by atoms with Crippen LogP contribution in [0, 0.1) is 0 Å². The van der Waals surface area contributed by atoms with Crippen molar-refractivity contribution in [3.63, 3.8) is 0 Å². The second-order valence-electron chi connectivity index (χ2n) is 7.71. The molecule has 1 aliphatic carbocycles. The maximum absolute atomic E-state index is 13.2. The average molecular weight is 435 g/mol. The maximum atomic E-state index is 13.2. The molecular weight excluding hydrogens is 411 g/mol. The molecule has 9 heteroatoms. The molecule has 0 heterocycles. The Morgan fingerprint density at radius 1 is 1.06 bits per heavy atom. The van der Waals surface area contributed by atoms with Crippen molar-refractivity contribution >= 4 is 17.5 Å². The molecule has 0 unspecified atom stereocenters. The van der Waals surface area contributed by atoms with Gasteiger partial charge in [0.2, 0.25) is 0 Å². The molecule has 0 bridgehead atoms. The van der Waals surface area contributed by atoms with Crippen molar-refractivity contribution in [3.8, 4) is 5.75 Å². The Labute approximate surface area is 178 Å². The number of anilines is 1. The highest BCUT2D eigenvalue weighted by atomic mass is 19.4. The lowest BCUT2D eigenvalue weighted by molar-refractivity contribution is -0.138. The van der Waals surface area contributed by atoms with Crippen molar-refractivity contribution < 1.29 is 27.5 Å². The molecule has 31 heavy (non-hydrogen) atoms. The molecule has 6 nitrogen and oxygen atoms in total. The zero-order valence-electron chi connectivity index (χ0n) is 17.2. The van der Waals surface area contributed by atoms with E-state index in [2.05, 4.69) is 16.2 Å². The molecule has 166 valence electrons. The number of ether oxygens (including phenoxy) is 1. The second-order valence-corrected chi connectivity index (χ2v) is 7.71. The van der Waals surface area contributed by atoms with E-state index in [1.165, 1.54) is 12.1 Å². The first kappa shape index (κ1) is 22.5. The predicted molar refractivity (Wildman–Crippen MR) is 109 cm³/mol. The molecule has 2 amide bonds. The van der Waals surface area contributed by atoms with E-state index in [1.54, 1.807) is 24.3 Å². The van der Waals surface area contributed by atoms with Gasteiger partial charge < -0.3 is 10.1 Å². The Bertz CT molecular complexity index is 956. The third-order valence-corrected chi connectivity index (χ3v) is 5.00. The molecule has 0 radical (unpaired) electrons. The van der Waals surface area contributed by atoms with Crippen LogP contribution in [-0.2, 0) is 11.0 Å². The Kier molecular flexibility index (Phi) is 6.42. The number of amides is 2. The topological polar surface area (TPSA) is 79.5 Å². The molecule has 0 spiro atoms. The molecular formula is C22H24F3N3O3. The first-order valence-electron chi connectivity index (χ1n) is 9.93. The van der Waals surface area contributed by atoms with Gasteiger partial charge in [-0.2, -0.15) is 13.2 Å². The minimum atomic E-state index is -4.67. The number of halogens is 3. The van der Waals surface area contributed by atoms with E-state index in [-0.39, 0.29) is 6.10 Å². The van der Waals surface area contributed by atoms with Crippen LogP contribution in [0.4, 0.5) is 18.9 Å². The van der Waals surface area contributed by atoms with E-state index in [0.29, 0.717) is 30.7 Å². The fourth-order valence-electron chi connectivity index (χ4n) is 3.32. The lowest BCUT2D eigenvalue weighted by Crippen LogP contribution is -2.63. The lowest BCUT2D eigenvalue weighted by Gasteiger charge is -2.40. The normalized spacial score (nSPS) is 15.0. The smallest absolute Gasteiger partial charge is 0.417 e. The molecule has 3 rings (SSSR count). The highest BCUT2D eigenvalue weighted by molar-refractivity contribution is 6.01. The summed E-state index contributed by atoms with van der Waals surface area (Å²) in [5.74, 6) is -0.841. The van der Waals surface area contributed by atoms with E-state index in [1.807, 2.05) is 13.8 Å². The van der Waals surface area contributed by atoms with Gasteiger partial charge in [-0.05, 0) is 57.4 Å². The number of benzene rings is 2. The number of hydrogen-bond donors (Lipinski definition) is 3. The van der Waals surface area contributed by atoms with Crippen LogP contribution >= 0.6 is 0 Å². The van der Waals surface area contributed by atoms with Gasteiger partial charge >= 0.3 is 6.18 Å². The van der Waals surface area contributed by atoms with Crippen LogP contribution in [0.25, 0.3) is 0 Å².